The molecule has 3 aromatic rings. The monoisotopic (exact) mass is 474 g/mol. The fraction of sp³-hybridized carbons (Fsp3) is 0.259. The van der Waals surface area contributed by atoms with Gasteiger partial charge < -0.3 is 14.8 Å². The van der Waals surface area contributed by atoms with Crippen molar-refractivity contribution in [1.82, 2.24) is 0 Å². The summed E-state index contributed by atoms with van der Waals surface area (Å²) in [4.78, 5) is 27.4. The first-order chi connectivity index (χ1) is 16.3. The van der Waals surface area contributed by atoms with E-state index >= 15 is 0 Å². The molecule has 174 valence electrons. The summed E-state index contributed by atoms with van der Waals surface area (Å²) in [6.07, 6.45) is 0. The lowest BCUT2D eigenvalue weighted by Gasteiger charge is -2.25. The number of ether oxygens (including phenoxy) is 2. The smallest absolute Gasteiger partial charge is 0.255 e. The van der Waals surface area contributed by atoms with E-state index in [1.54, 1.807) is 16.7 Å². The van der Waals surface area contributed by atoms with Crippen LogP contribution in [-0.2, 0) is 10.2 Å². The highest BCUT2D eigenvalue weighted by Crippen LogP contribution is 2.45. The third-order valence-electron chi connectivity index (χ3n) is 5.94. The van der Waals surface area contributed by atoms with Gasteiger partial charge >= 0.3 is 0 Å². The topological polar surface area (TPSA) is 67.9 Å². The zero-order chi connectivity index (χ0) is 23.9. The van der Waals surface area contributed by atoms with Crippen LogP contribution in [0, 0.1) is 0 Å². The summed E-state index contributed by atoms with van der Waals surface area (Å²) < 4.78 is 10.9. The Labute approximate surface area is 203 Å². The second kappa shape index (κ2) is 8.72. The van der Waals surface area contributed by atoms with Gasteiger partial charge in [0.1, 0.15) is 5.37 Å². The highest BCUT2D eigenvalue weighted by molar-refractivity contribution is 8.00. The van der Waals surface area contributed by atoms with Crippen molar-refractivity contribution in [2.75, 3.05) is 22.8 Å². The second-order valence-corrected chi connectivity index (χ2v) is 10.4. The minimum Gasteiger partial charge on any atom is -0.454 e. The summed E-state index contributed by atoms with van der Waals surface area (Å²) in [5.74, 6) is 1.57. The molecule has 34 heavy (non-hydrogen) atoms. The average molecular weight is 475 g/mol. The van der Waals surface area contributed by atoms with Crippen molar-refractivity contribution in [3.05, 3.63) is 83.4 Å². The number of nitrogens with zero attached hydrogens (tertiary/aromatic N) is 1. The van der Waals surface area contributed by atoms with E-state index in [2.05, 4.69) is 26.1 Å². The van der Waals surface area contributed by atoms with Gasteiger partial charge in [-0.2, -0.15) is 0 Å². The maximum Gasteiger partial charge on any atom is 0.255 e. The molecule has 5 rings (SSSR count). The number of amides is 2. The molecule has 0 bridgehead atoms. The Hall–Kier alpha value is -3.45. The van der Waals surface area contributed by atoms with Crippen LogP contribution < -0.4 is 19.7 Å². The third kappa shape index (κ3) is 4.35. The first kappa shape index (κ1) is 22.3. The predicted molar refractivity (Wildman–Crippen MR) is 135 cm³/mol. The molecule has 6 nitrogen and oxygen atoms in total. The van der Waals surface area contributed by atoms with Gasteiger partial charge in [-0.1, -0.05) is 45.0 Å². The number of benzene rings is 3. The number of hydrogen-bond acceptors (Lipinski definition) is 5. The van der Waals surface area contributed by atoms with Crippen LogP contribution in [0.2, 0.25) is 0 Å². The molecule has 0 aromatic heterocycles. The van der Waals surface area contributed by atoms with Gasteiger partial charge in [0.25, 0.3) is 5.91 Å². The van der Waals surface area contributed by atoms with Crippen LogP contribution in [-0.4, -0.2) is 24.4 Å². The molecule has 1 N–H and O–H groups in total. The molecule has 1 atom stereocenters. The van der Waals surface area contributed by atoms with Crippen molar-refractivity contribution in [2.24, 2.45) is 0 Å². The number of nitrogens with one attached hydrogen (secondary N) is 1. The lowest BCUT2D eigenvalue weighted by atomic mass is 9.87. The highest BCUT2D eigenvalue weighted by atomic mass is 32.2. The van der Waals surface area contributed by atoms with Gasteiger partial charge in [0.2, 0.25) is 12.7 Å². The highest BCUT2D eigenvalue weighted by Gasteiger charge is 2.35. The SMILES string of the molecule is CC(C)(C)c1ccc(C(=O)Nc2cccc([C@H]3SCC(=O)N3c3ccc4c(c3)OCO4)c2)cc1. The maximum atomic E-state index is 12.8. The van der Waals surface area contributed by atoms with Gasteiger partial charge in [0.05, 0.1) is 5.75 Å². The molecule has 7 heteroatoms. The Bertz CT molecular complexity index is 1250. The van der Waals surface area contributed by atoms with E-state index in [1.165, 1.54) is 5.56 Å². The Kier molecular flexibility index (Phi) is 5.73. The zero-order valence-electron chi connectivity index (χ0n) is 19.3. The minimum atomic E-state index is -0.198. The van der Waals surface area contributed by atoms with Crippen molar-refractivity contribution in [1.29, 1.82) is 0 Å². The Morgan fingerprint density at radius 3 is 2.53 bits per heavy atom. The number of carbonyl (C=O) groups excluding carboxylic acids is 2. The number of hydrogen-bond donors (Lipinski definition) is 1. The first-order valence-corrected chi connectivity index (χ1v) is 12.2. The fourth-order valence-electron chi connectivity index (χ4n) is 4.08. The minimum absolute atomic E-state index is 0.0299. The van der Waals surface area contributed by atoms with Crippen LogP contribution >= 0.6 is 11.8 Å². The van der Waals surface area contributed by atoms with Crippen LogP contribution in [0.25, 0.3) is 0 Å². The predicted octanol–water partition coefficient (Wildman–Crippen LogP) is 5.74. The molecule has 0 spiro atoms. The maximum absolute atomic E-state index is 12.8. The van der Waals surface area contributed by atoms with Crippen molar-refractivity contribution < 1.29 is 19.1 Å². The van der Waals surface area contributed by atoms with Crippen LogP contribution in [0.3, 0.4) is 0 Å². The van der Waals surface area contributed by atoms with Crippen LogP contribution in [0.15, 0.2) is 66.7 Å². The van der Waals surface area contributed by atoms with Gasteiger partial charge in [-0.05, 0) is 52.9 Å². The quantitative estimate of drug-likeness (QED) is 0.522. The molecule has 2 heterocycles. The van der Waals surface area contributed by atoms with Crippen molar-refractivity contribution >= 4 is 35.0 Å². The molecule has 0 unspecified atom stereocenters. The summed E-state index contributed by atoms with van der Waals surface area (Å²) >= 11 is 1.56. The second-order valence-electron chi connectivity index (χ2n) is 9.37. The lowest BCUT2D eigenvalue weighted by molar-refractivity contribution is -0.115. The molecule has 0 aliphatic carbocycles. The molecule has 2 amide bonds. The fourth-order valence-corrected chi connectivity index (χ4v) is 5.25. The summed E-state index contributed by atoms with van der Waals surface area (Å²) in [5, 5.41) is 2.79. The number of carbonyl (C=O) groups is 2. The molecular weight excluding hydrogens is 448 g/mol. The van der Waals surface area contributed by atoms with Crippen molar-refractivity contribution in [2.45, 2.75) is 31.6 Å². The van der Waals surface area contributed by atoms with Crippen LogP contribution in [0.1, 0.15) is 47.6 Å². The number of rotatable bonds is 4. The Morgan fingerprint density at radius 2 is 1.76 bits per heavy atom. The van der Waals surface area contributed by atoms with Gasteiger partial charge in [-0.25, -0.2) is 0 Å². The van der Waals surface area contributed by atoms with Crippen LogP contribution in [0.4, 0.5) is 11.4 Å². The molecule has 0 radical (unpaired) electrons. The molecule has 1 saturated heterocycles. The molecule has 2 aliphatic heterocycles. The Morgan fingerprint density at radius 1 is 1.00 bits per heavy atom. The van der Waals surface area contributed by atoms with E-state index in [0.29, 0.717) is 28.5 Å². The number of anilines is 2. The van der Waals surface area contributed by atoms with E-state index in [-0.39, 0.29) is 29.4 Å². The molecule has 0 saturated carbocycles. The van der Waals surface area contributed by atoms with E-state index < -0.39 is 0 Å². The largest absolute Gasteiger partial charge is 0.454 e. The Balaban J connectivity index is 1.36. The van der Waals surface area contributed by atoms with E-state index in [9.17, 15) is 9.59 Å². The van der Waals surface area contributed by atoms with Gasteiger partial charge in [0.15, 0.2) is 11.5 Å². The summed E-state index contributed by atoms with van der Waals surface area (Å²) in [6.45, 7) is 6.62. The average Bonchev–Trinajstić information content (AvgIpc) is 3.44. The molecule has 2 aliphatic rings. The number of thioether (sulfide) groups is 1. The first-order valence-electron chi connectivity index (χ1n) is 11.1. The van der Waals surface area contributed by atoms with Gasteiger partial charge in [0, 0.05) is 23.0 Å². The normalized spacial score (nSPS) is 17.2. The number of fused-ring (bicyclic) bond motifs is 1. The van der Waals surface area contributed by atoms with Crippen molar-refractivity contribution in [3.63, 3.8) is 0 Å². The lowest BCUT2D eigenvalue weighted by Crippen LogP contribution is -2.27. The zero-order valence-corrected chi connectivity index (χ0v) is 20.1. The van der Waals surface area contributed by atoms with E-state index in [1.807, 2.05) is 66.7 Å². The molecule has 3 aromatic carbocycles. The summed E-state index contributed by atoms with van der Waals surface area (Å²) in [7, 11) is 0. The molecular formula is C27H26N2O4S. The summed E-state index contributed by atoms with van der Waals surface area (Å²) in [5.41, 5.74) is 4.20. The van der Waals surface area contributed by atoms with Gasteiger partial charge in [-0.15, -0.1) is 11.8 Å². The third-order valence-corrected chi connectivity index (χ3v) is 7.16. The van der Waals surface area contributed by atoms with Gasteiger partial charge in [-0.3, -0.25) is 14.5 Å². The molecule has 1 fully saturated rings. The summed E-state index contributed by atoms with van der Waals surface area (Å²) in [6, 6.07) is 20.9. The standard InChI is InChI=1S/C27H26N2O4S/c1-27(2,3)19-9-7-17(8-10-19)25(31)28-20-6-4-5-18(13-20)26-29(24(30)15-34-26)21-11-12-22-23(14-21)33-16-32-22/h4-14,26H,15-16H2,1-3H3,(H,28,31)/t26-/m1/s1. The van der Waals surface area contributed by atoms with Crippen molar-refractivity contribution in [3.8, 4) is 11.5 Å². The van der Waals surface area contributed by atoms with Crippen LogP contribution in [0.5, 0.6) is 11.5 Å². The van der Waals surface area contributed by atoms with E-state index in [4.69, 9.17) is 9.47 Å². The van der Waals surface area contributed by atoms with E-state index in [0.717, 1.165) is 11.3 Å².